The average Bonchev–Trinajstić information content (AvgIpc) is 2.51. The predicted octanol–water partition coefficient (Wildman–Crippen LogP) is 3.59. The van der Waals surface area contributed by atoms with Crippen LogP contribution in [-0.2, 0) is 6.54 Å². The van der Waals surface area contributed by atoms with Crippen molar-refractivity contribution in [3.63, 3.8) is 0 Å². The van der Waals surface area contributed by atoms with Crippen LogP contribution in [0.25, 0.3) is 0 Å². The number of nitrogens with two attached hydrogens (primary N) is 1. The van der Waals surface area contributed by atoms with Gasteiger partial charge in [-0.1, -0.05) is 43.3 Å². The fourth-order valence-corrected chi connectivity index (χ4v) is 3.27. The number of hydrogen-bond acceptors (Lipinski definition) is 3. The highest BCUT2D eigenvalue weighted by Crippen LogP contribution is 2.23. The number of piperidine rings is 1. The van der Waals surface area contributed by atoms with E-state index in [0.29, 0.717) is 12.0 Å². The quantitative estimate of drug-likeness (QED) is 0.847. The fraction of sp³-hybridized carbons (Fsp3) is 0.368. The van der Waals surface area contributed by atoms with E-state index in [0.717, 1.165) is 31.0 Å². The van der Waals surface area contributed by atoms with Crippen LogP contribution in [-0.4, -0.2) is 24.0 Å². The van der Waals surface area contributed by atoms with Crippen LogP contribution in [0.4, 0.5) is 11.4 Å². The summed E-state index contributed by atoms with van der Waals surface area (Å²) in [5.74, 6) is 0.624. The minimum Gasteiger partial charge on any atom is -0.399 e. The second-order valence-electron chi connectivity index (χ2n) is 6.36. The van der Waals surface area contributed by atoms with Crippen molar-refractivity contribution >= 4 is 11.4 Å². The van der Waals surface area contributed by atoms with Gasteiger partial charge in [-0.25, -0.2) is 0 Å². The number of rotatable bonds is 4. The number of nitrogens with one attached hydrogen (secondary N) is 1. The van der Waals surface area contributed by atoms with Crippen molar-refractivity contribution in [2.45, 2.75) is 25.9 Å². The molecule has 2 aromatic carbocycles. The van der Waals surface area contributed by atoms with Crippen molar-refractivity contribution in [2.75, 3.05) is 24.1 Å². The van der Waals surface area contributed by atoms with Gasteiger partial charge in [0.2, 0.25) is 0 Å². The highest BCUT2D eigenvalue weighted by Gasteiger charge is 2.25. The molecule has 2 aromatic rings. The molecule has 0 saturated carbocycles. The molecule has 1 aliphatic rings. The molecule has 3 heteroatoms. The van der Waals surface area contributed by atoms with Crippen LogP contribution in [0.1, 0.15) is 18.9 Å². The van der Waals surface area contributed by atoms with Crippen molar-refractivity contribution in [1.29, 1.82) is 0 Å². The minimum atomic E-state index is 0.522. The van der Waals surface area contributed by atoms with Gasteiger partial charge >= 0.3 is 0 Å². The molecule has 0 aliphatic carbocycles. The molecule has 3 rings (SSSR count). The van der Waals surface area contributed by atoms with E-state index in [2.05, 4.69) is 53.5 Å². The topological polar surface area (TPSA) is 41.3 Å². The lowest BCUT2D eigenvalue weighted by Crippen LogP contribution is -2.44. The third kappa shape index (κ3) is 3.80. The summed E-state index contributed by atoms with van der Waals surface area (Å²) in [5.41, 5.74) is 9.21. The van der Waals surface area contributed by atoms with Crippen molar-refractivity contribution in [1.82, 2.24) is 4.90 Å². The summed E-state index contributed by atoms with van der Waals surface area (Å²) in [5, 5.41) is 3.65. The number of nitrogens with zero attached hydrogens (tertiary/aromatic N) is 1. The molecular formula is C19H25N3. The molecule has 0 unspecified atom stereocenters. The summed E-state index contributed by atoms with van der Waals surface area (Å²) >= 11 is 0. The van der Waals surface area contributed by atoms with Crippen LogP contribution in [0.15, 0.2) is 54.6 Å². The number of benzene rings is 2. The third-order valence-electron chi connectivity index (χ3n) is 4.48. The molecule has 0 aromatic heterocycles. The van der Waals surface area contributed by atoms with Gasteiger partial charge in [-0.15, -0.1) is 0 Å². The second-order valence-corrected chi connectivity index (χ2v) is 6.36. The average molecular weight is 295 g/mol. The van der Waals surface area contributed by atoms with E-state index in [-0.39, 0.29) is 0 Å². The first-order valence-corrected chi connectivity index (χ1v) is 8.09. The third-order valence-corrected chi connectivity index (χ3v) is 4.48. The van der Waals surface area contributed by atoms with Gasteiger partial charge in [0.15, 0.2) is 0 Å². The van der Waals surface area contributed by atoms with Crippen molar-refractivity contribution in [2.24, 2.45) is 5.92 Å². The normalized spacial score (nSPS) is 22.4. The molecule has 0 spiro atoms. The zero-order valence-electron chi connectivity index (χ0n) is 13.2. The van der Waals surface area contributed by atoms with Gasteiger partial charge in [0.1, 0.15) is 0 Å². The SMILES string of the molecule is C[C@@H]1CN(Cc2ccccc2)CC[C@@H]1Nc1cccc(N)c1. The van der Waals surface area contributed by atoms with Gasteiger partial charge in [0.05, 0.1) is 0 Å². The molecule has 116 valence electrons. The Kier molecular flexibility index (Phi) is 4.64. The highest BCUT2D eigenvalue weighted by molar-refractivity contribution is 5.54. The molecular weight excluding hydrogens is 270 g/mol. The van der Waals surface area contributed by atoms with Crippen LogP contribution in [0, 0.1) is 5.92 Å². The first kappa shape index (κ1) is 14.9. The molecule has 0 radical (unpaired) electrons. The summed E-state index contributed by atoms with van der Waals surface area (Å²) in [6.07, 6.45) is 1.17. The summed E-state index contributed by atoms with van der Waals surface area (Å²) in [7, 11) is 0. The number of nitrogen functional groups attached to an aromatic ring is 1. The predicted molar refractivity (Wildman–Crippen MR) is 93.8 cm³/mol. The van der Waals surface area contributed by atoms with Gasteiger partial charge < -0.3 is 11.1 Å². The Morgan fingerprint density at radius 3 is 2.68 bits per heavy atom. The second kappa shape index (κ2) is 6.84. The minimum absolute atomic E-state index is 0.522. The number of anilines is 2. The smallest absolute Gasteiger partial charge is 0.0363 e. The van der Waals surface area contributed by atoms with E-state index in [4.69, 9.17) is 5.73 Å². The maximum atomic E-state index is 5.86. The molecule has 1 aliphatic heterocycles. The standard InChI is InChI=1S/C19H25N3/c1-15-13-22(14-16-6-3-2-4-7-16)11-10-19(15)21-18-9-5-8-17(20)12-18/h2-9,12,15,19,21H,10-11,13-14,20H2,1H3/t15-,19+/m1/s1. The summed E-state index contributed by atoms with van der Waals surface area (Å²) in [4.78, 5) is 2.55. The molecule has 1 fully saturated rings. The summed E-state index contributed by atoms with van der Waals surface area (Å²) in [6.45, 7) is 5.66. The van der Waals surface area contributed by atoms with Gasteiger partial charge in [0, 0.05) is 37.1 Å². The Balaban J connectivity index is 1.56. The first-order valence-electron chi connectivity index (χ1n) is 8.09. The van der Waals surface area contributed by atoms with Crippen molar-refractivity contribution < 1.29 is 0 Å². The molecule has 3 N–H and O–H groups in total. The van der Waals surface area contributed by atoms with Crippen LogP contribution in [0.3, 0.4) is 0 Å². The van der Waals surface area contributed by atoms with Gasteiger partial charge in [-0.05, 0) is 36.1 Å². The maximum absolute atomic E-state index is 5.86. The molecule has 3 nitrogen and oxygen atoms in total. The highest BCUT2D eigenvalue weighted by atomic mass is 15.1. The molecule has 0 amide bonds. The van der Waals surface area contributed by atoms with Crippen LogP contribution in [0.5, 0.6) is 0 Å². The van der Waals surface area contributed by atoms with E-state index in [1.807, 2.05) is 18.2 Å². The number of hydrogen-bond donors (Lipinski definition) is 2. The Labute approximate surface area is 133 Å². The van der Waals surface area contributed by atoms with E-state index < -0.39 is 0 Å². The van der Waals surface area contributed by atoms with Crippen molar-refractivity contribution in [3.05, 3.63) is 60.2 Å². The largest absolute Gasteiger partial charge is 0.399 e. The monoisotopic (exact) mass is 295 g/mol. The van der Waals surface area contributed by atoms with Crippen LogP contribution >= 0.6 is 0 Å². The van der Waals surface area contributed by atoms with E-state index in [1.165, 1.54) is 12.0 Å². The lowest BCUT2D eigenvalue weighted by molar-refractivity contribution is 0.165. The van der Waals surface area contributed by atoms with Crippen molar-refractivity contribution in [3.8, 4) is 0 Å². The Morgan fingerprint density at radius 1 is 1.14 bits per heavy atom. The molecule has 1 saturated heterocycles. The van der Waals surface area contributed by atoms with E-state index >= 15 is 0 Å². The number of likely N-dealkylation sites (tertiary alicyclic amines) is 1. The van der Waals surface area contributed by atoms with Gasteiger partial charge in [-0.3, -0.25) is 4.90 Å². The zero-order valence-corrected chi connectivity index (χ0v) is 13.2. The van der Waals surface area contributed by atoms with E-state index in [9.17, 15) is 0 Å². The van der Waals surface area contributed by atoms with E-state index in [1.54, 1.807) is 0 Å². The summed E-state index contributed by atoms with van der Waals surface area (Å²) in [6, 6.07) is 19.3. The first-order chi connectivity index (χ1) is 10.7. The fourth-order valence-electron chi connectivity index (χ4n) is 3.27. The van der Waals surface area contributed by atoms with Gasteiger partial charge in [0.25, 0.3) is 0 Å². The Hall–Kier alpha value is -2.00. The maximum Gasteiger partial charge on any atom is 0.0363 e. The lowest BCUT2D eigenvalue weighted by Gasteiger charge is -2.37. The molecule has 2 atom stereocenters. The molecule has 22 heavy (non-hydrogen) atoms. The van der Waals surface area contributed by atoms with Crippen LogP contribution < -0.4 is 11.1 Å². The Bertz CT molecular complexity index is 597. The summed E-state index contributed by atoms with van der Waals surface area (Å²) < 4.78 is 0. The molecule has 0 bridgehead atoms. The zero-order chi connectivity index (χ0) is 15.4. The van der Waals surface area contributed by atoms with Crippen LogP contribution in [0.2, 0.25) is 0 Å². The molecule has 1 heterocycles. The lowest BCUT2D eigenvalue weighted by atomic mass is 9.93. The Morgan fingerprint density at radius 2 is 1.95 bits per heavy atom. The van der Waals surface area contributed by atoms with Gasteiger partial charge in [-0.2, -0.15) is 0 Å².